The minimum atomic E-state index is -1.35. The molecule has 1 aliphatic rings. The molecule has 2 atom stereocenters. The number of imide groups is 1. The molecule has 1 aliphatic heterocycles. The van der Waals surface area contributed by atoms with Gasteiger partial charge in [-0.1, -0.05) is 54.6 Å². The lowest BCUT2D eigenvalue weighted by Gasteiger charge is -2.29. The van der Waals surface area contributed by atoms with Crippen LogP contribution in [0.2, 0.25) is 0 Å². The van der Waals surface area contributed by atoms with Crippen molar-refractivity contribution >= 4 is 30.0 Å². The first kappa shape index (κ1) is 23.5. The Morgan fingerprint density at radius 3 is 2.39 bits per heavy atom. The number of benzene rings is 2. The van der Waals surface area contributed by atoms with E-state index in [9.17, 15) is 24.3 Å². The Kier molecular flexibility index (Phi) is 6.76. The molecular formula is C23H25N5O5. The van der Waals surface area contributed by atoms with Crippen LogP contribution in [-0.2, 0) is 19.9 Å². The summed E-state index contributed by atoms with van der Waals surface area (Å²) in [4.78, 5) is 52.2. The minimum absolute atomic E-state index is 0.317. The maximum absolute atomic E-state index is 13.2. The number of hydrogen-bond donors (Lipinski definition) is 3. The lowest BCUT2D eigenvalue weighted by Crippen LogP contribution is -2.44. The van der Waals surface area contributed by atoms with Gasteiger partial charge in [-0.05, 0) is 23.6 Å². The molecule has 0 saturated carbocycles. The maximum atomic E-state index is 13.2. The topological polar surface area (TPSA) is 145 Å². The number of urea groups is 1. The summed E-state index contributed by atoms with van der Waals surface area (Å²) >= 11 is 0. The van der Waals surface area contributed by atoms with Crippen LogP contribution in [0.15, 0.2) is 59.7 Å². The number of carbonyl (C=O) groups is 4. The molecule has 0 spiro atoms. The van der Waals surface area contributed by atoms with Crippen molar-refractivity contribution in [1.82, 2.24) is 15.1 Å². The molecule has 0 bridgehead atoms. The van der Waals surface area contributed by atoms with Crippen molar-refractivity contribution < 1.29 is 24.3 Å². The van der Waals surface area contributed by atoms with Gasteiger partial charge in [-0.25, -0.2) is 4.79 Å². The fourth-order valence-electron chi connectivity index (χ4n) is 3.76. The lowest BCUT2D eigenvalue weighted by atomic mass is 9.91. The zero-order chi connectivity index (χ0) is 24.2. The molecule has 0 radical (unpaired) electrons. The third-order valence-corrected chi connectivity index (χ3v) is 5.69. The van der Waals surface area contributed by atoms with Crippen molar-refractivity contribution in [3.05, 3.63) is 71.3 Å². The van der Waals surface area contributed by atoms with Crippen LogP contribution in [-0.4, -0.2) is 58.5 Å². The average molecular weight is 451 g/mol. The Balaban J connectivity index is 1.79. The highest BCUT2D eigenvalue weighted by atomic mass is 16.4. The van der Waals surface area contributed by atoms with Crippen LogP contribution >= 0.6 is 0 Å². The summed E-state index contributed by atoms with van der Waals surface area (Å²) in [6.07, 6.45) is 1.13. The second-order valence-electron chi connectivity index (χ2n) is 7.88. The van der Waals surface area contributed by atoms with Gasteiger partial charge >= 0.3 is 12.0 Å². The molecule has 172 valence electrons. The largest absolute Gasteiger partial charge is 0.481 e. The number of nitrogens with zero attached hydrogens (tertiary/aromatic N) is 3. The van der Waals surface area contributed by atoms with E-state index in [4.69, 9.17) is 5.84 Å². The van der Waals surface area contributed by atoms with E-state index in [2.05, 4.69) is 10.4 Å². The van der Waals surface area contributed by atoms with Crippen LogP contribution < -0.4 is 11.2 Å². The van der Waals surface area contributed by atoms with Crippen molar-refractivity contribution in [2.45, 2.75) is 24.9 Å². The second-order valence-corrected chi connectivity index (χ2v) is 7.88. The molecule has 2 unspecified atom stereocenters. The molecule has 2 aromatic rings. The zero-order valence-electron chi connectivity index (χ0n) is 18.3. The molecular weight excluding hydrogens is 426 g/mol. The molecule has 10 heteroatoms. The van der Waals surface area contributed by atoms with Gasteiger partial charge in [0.1, 0.15) is 12.1 Å². The molecule has 4 amide bonds. The monoisotopic (exact) mass is 451 g/mol. The van der Waals surface area contributed by atoms with Crippen molar-refractivity contribution in [2.75, 3.05) is 13.6 Å². The van der Waals surface area contributed by atoms with E-state index in [0.717, 1.165) is 10.5 Å². The fourth-order valence-corrected chi connectivity index (χ4v) is 3.76. The third kappa shape index (κ3) is 4.84. The quantitative estimate of drug-likeness (QED) is 0.239. The molecule has 33 heavy (non-hydrogen) atoms. The molecule has 10 nitrogen and oxygen atoms in total. The van der Waals surface area contributed by atoms with E-state index in [1.54, 1.807) is 61.5 Å². The van der Waals surface area contributed by atoms with E-state index < -0.39 is 41.9 Å². The van der Waals surface area contributed by atoms with Gasteiger partial charge in [-0.2, -0.15) is 5.10 Å². The number of hydrazone groups is 1. The van der Waals surface area contributed by atoms with Crippen molar-refractivity contribution in [3.8, 4) is 0 Å². The predicted octanol–water partition coefficient (Wildman–Crippen LogP) is 1.42. The summed E-state index contributed by atoms with van der Waals surface area (Å²) < 4.78 is 0. The van der Waals surface area contributed by atoms with Gasteiger partial charge in [0.05, 0.1) is 18.7 Å². The third-order valence-electron chi connectivity index (χ3n) is 5.69. The van der Waals surface area contributed by atoms with Crippen LogP contribution in [0.5, 0.6) is 0 Å². The summed E-state index contributed by atoms with van der Waals surface area (Å²) in [5.41, 5.74) is 0.541. The van der Waals surface area contributed by atoms with Crippen LogP contribution in [0.4, 0.5) is 4.79 Å². The Bertz CT molecular complexity index is 1090. The average Bonchev–Trinajstić information content (AvgIpc) is 3.02. The summed E-state index contributed by atoms with van der Waals surface area (Å²) in [5, 5.41) is 15.4. The van der Waals surface area contributed by atoms with E-state index in [1.807, 2.05) is 0 Å². The maximum Gasteiger partial charge on any atom is 0.325 e. The van der Waals surface area contributed by atoms with Gasteiger partial charge in [0.25, 0.3) is 5.91 Å². The van der Waals surface area contributed by atoms with Crippen LogP contribution in [0, 0.1) is 0 Å². The lowest BCUT2D eigenvalue weighted by molar-refractivity contribution is -0.142. The number of nitrogens with two attached hydrogens (primary N) is 1. The van der Waals surface area contributed by atoms with Gasteiger partial charge in [-0.15, -0.1) is 0 Å². The number of carbonyl (C=O) groups excluding carboxylic acids is 3. The number of nitrogens with one attached hydrogen (secondary N) is 1. The smallest absolute Gasteiger partial charge is 0.325 e. The predicted molar refractivity (Wildman–Crippen MR) is 120 cm³/mol. The van der Waals surface area contributed by atoms with Gasteiger partial charge in [0.15, 0.2) is 0 Å². The van der Waals surface area contributed by atoms with Crippen LogP contribution in [0.1, 0.15) is 36.1 Å². The van der Waals surface area contributed by atoms with Gasteiger partial charge in [0.2, 0.25) is 5.91 Å². The normalized spacial score (nSPS) is 18.9. The molecule has 0 aliphatic carbocycles. The number of amides is 4. The zero-order valence-corrected chi connectivity index (χ0v) is 18.3. The number of rotatable bonds is 8. The first-order valence-electron chi connectivity index (χ1n) is 10.2. The van der Waals surface area contributed by atoms with Crippen molar-refractivity contribution in [1.29, 1.82) is 0 Å². The Morgan fingerprint density at radius 2 is 1.82 bits per heavy atom. The molecule has 1 fully saturated rings. The Morgan fingerprint density at radius 1 is 1.18 bits per heavy atom. The van der Waals surface area contributed by atoms with E-state index >= 15 is 0 Å². The van der Waals surface area contributed by atoms with Gasteiger partial charge in [0, 0.05) is 7.05 Å². The first-order chi connectivity index (χ1) is 15.7. The van der Waals surface area contributed by atoms with Crippen molar-refractivity contribution in [3.63, 3.8) is 0 Å². The van der Waals surface area contributed by atoms with Gasteiger partial charge in [-0.3, -0.25) is 19.3 Å². The fraction of sp³-hybridized carbons (Fsp3) is 0.261. The van der Waals surface area contributed by atoms with Gasteiger partial charge < -0.3 is 21.2 Å². The SMILES string of the molecule is CN(C(=O)CN1C(=O)NC(C)(c2ccc(/C=N/N)cc2)C1=O)C(CC(=O)O)c1ccccc1. The number of carboxylic acid groups (broad SMARTS) is 1. The number of hydrogen-bond acceptors (Lipinski definition) is 6. The van der Waals surface area contributed by atoms with Crippen LogP contribution in [0.3, 0.4) is 0 Å². The minimum Gasteiger partial charge on any atom is -0.481 e. The number of carboxylic acids is 1. The number of aliphatic carboxylic acids is 1. The molecule has 1 saturated heterocycles. The van der Waals surface area contributed by atoms with E-state index in [-0.39, 0.29) is 6.42 Å². The highest BCUT2D eigenvalue weighted by Crippen LogP contribution is 2.30. The Hall–Kier alpha value is -4.21. The van der Waals surface area contributed by atoms with Crippen LogP contribution in [0.25, 0.3) is 0 Å². The first-order valence-corrected chi connectivity index (χ1v) is 10.2. The summed E-state index contributed by atoms with van der Waals surface area (Å²) in [7, 11) is 1.46. The Labute approximate surface area is 190 Å². The highest BCUT2D eigenvalue weighted by Gasteiger charge is 2.49. The highest BCUT2D eigenvalue weighted by molar-refractivity contribution is 6.09. The van der Waals surface area contributed by atoms with E-state index in [0.29, 0.717) is 11.1 Å². The second kappa shape index (κ2) is 9.51. The summed E-state index contributed by atoms with van der Waals surface area (Å²) in [5.74, 6) is 2.93. The number of likely N-dealkylation sites (N-methyl/N-ethyl adjacent to an activating group) is 1. The molecule has 0 aromatic heterocycles. The molecule has 3 rings (SSSR count). The summed E-state index contributed by atoms with van der Waals surface area (Å²) in [6, 6.07) is 14.0. The standard InChI is InChI=1S/C23H25N5O5/c1-23(17-10-8-15(9-11-17)13-25-24)21(32)28(22(33)26-23)14-19(29)27(2)18(12-20(30)31)16-6-4-3-5-7-16/h3-11,13,18H,12,14,24H2,1-2H3,(H,26,33)(H,30,31)/b25-13+. The van der Waals surface area contributed by atoms with E-state index in [1.165, 1.54) is 18.2 Å². The summed E-state index contributed by atoms with van der Waals surface area (Å²) in [6.45, 7) is 1.04. The molecule has 1 heterocycles. The molecule has 2 aromatic carbocycles. The molecule has 4 N–H and O–H groups in total. The van der Waals surface area contributed by atoms with Crippen molar-refractivity contribution in [2.24, 2.45) is 10.9 Å².